The highest BCUT2D eigenvalue weighted by Gasteiger charge is 2.35. The van der Waals surface area contributed by atoms with Crippen molar-refractivity contribution in [2.24, 2.45) is 0 Å². The molecule has 122 valence electrons. The lowest BCUT2D eigenvalue weighted by Gasteiger charge is -2.31. The van der Waals surface area contributed by atoms with Gasteiger partial charge in [-0.25, -0.2) is 4.79 Å². The van der Waals surface area contributed by atoms with Gasteiger partial charge in [0.15, 0.2) is 0 Å². The van der Waals surface area contributed by atoms with Gasteiger partial charge in [-0.05, 0) is 60.2 Å². The van der Waals surface area contributed by atoms with Gasteiger partial charge in [0.2, 0.25) is 0 Å². The summed E-state index contributed by atoms with van der Waals surface area (Å²) in [5.74, 6) is -1.27. The van der Waals surface area contributed by atoms with E-state index in [1.807, 2.05) is 56.3 Å². The summed E-state index contributed by atoms with van der Waals surface area (Å²) in [7, 11) is 0. The molecule has 2 heterocycles. The van der Waals surface area contributed by atoms with Crippen LogP contribution in [0.2, 0.25) is 0 Å². The summed E-state index contributed by atoms with van der Waals surface area (Å²) in [6.45, 7) is 3.78. The van der Waals surface area contributed by atoms with Crippen molar-refractivity contribution in [1.29, 1.82) is 0 Å². The van der Waals surface area contributed by atoms with Gasteiger partial charge in [0.25, 0.3) is 0 Å². The Morgan fingerprint density at radius 1 is 1.12 bits per heavy atom. The fourth-order valence-electron chi connectivity index (χ4n) is 3.16. The van der Waals surface area contributed by atoms with Gasteiger partial charge in [0.05, 0.1) is 11.3 Å². The van der Waals surface area contributed by atoms with E-state index in [1.165, 1.54) is 0 Å². The Kier molecular flexibility index (Phi) is 4.71. The number of carboxylic acids is 1. The lowest BCUT2D eigenvalue weighted by atomic mass is 9.79. The summed E-state index contributed by atoms with van der Waals surface area (Å²) in [5, 5.41) is 13.1. The van der Waals surface area contributed by atoms with E-state index in [0.717, 1.165) is 26.1 Å². The molecule has 0 saturated carbocycles. The molecule has 0 saturated heterocycles. The van der Waals surface area contributed by atoms with Crippen LogP contribution < -0.4 is 5.32 Å². The van der Waals surface area contributed by atoms with E-state index in [-0.39, 0.29) is 5.92 Å². The lowest BCUT2D eigenvalue weighted by Crippen LogP contribution is -2.28. The van der Waals surface area contributed by atoms with Crippen molar-refractivity contribution in [3.63, 3.8) is 0 Å². The molecule has 1 aromatic heterocycles. The molecule has 0 bridgehead atoms. The number of hydrogen-bond donors (Lipinski definition) is 2. The van der Waals surface area contributed by atoms with Crippen LogP contribution in [-0.2, 0) is 4.79 Å². The summed E-state index contributed by atoms with van der Waals surface area (Å²) in [6.07, 6.45) is 1.73. The quantitative estimate of drug-likeness (QED) is 0.716. The molecule has 4 nitrogen and oxygen atoms in total. The van der Waals surface area contributed by atoms with Crippen molar-refractivity contribution < 1.29 is 9.90 Å². The van der Waals surface area contributed by atoms with Gasteiger partial charge in [0.1, 0.15) is 0 Å². The molecule has 1 aliphatic heterocycles. The highest BCUT2D eigenvalue weighted by Crippen LogP contribution is 2.43. The highest BCUT2D eigenvalue weighted by molar-refractivity contribution is 14.1. The summed E-state index contributed by atoms with van der Waals surface area (Å²) in [5.41, 5.74) is 4.65. The van der Waals surface area contributed by atoms with Crippen molar-refractivity contribution in [2.45, 2.75) is 19.8 Å². The van der Waals surface area contributed by atoms with Crippen molar-refractivity contribution in [3.8, 4) is 0 Å². The number of halogens is 1. The second-order valence-electron chi connectivity index (χ2n) is 5.68. The number of nitrogens with one attached hydrogen (secondary N) is 1. The normalized spacial score (nSPS) is 17.7. The number of pyridine rings is 1. The number of rotatable bonds is 3. The number of allylic oxidation sites excluding steroid dienone is 3. The fourth-order valence-corrected chi connectivity index (χ4v) is 3.86. The first kappa shape index (κ1) is 16.7. The van der Waals surface area contributed by atoms with Gasteiger partial charge in [0, 0.05) is 32.7 Å². The fraction of sp³-hybridized carbons (Fsp3) is 0.158. The predicted octanol–water partition coefficient (Wildman–Crippen LogP) is 4.16. The van der Waals surface area contributed by atoms with Crippen molar-refractivity contribution in [2.75, 3.05) is 0 Å². The van der Waals surface area contributed by atoms with Gasteiger partial charge in [-0.2, -0.15) is 0 Å². The Balaban J connectivity index is 2.28. The third kappa shape index (κ3) is 2.96. The average molecular weight is 432 g/mol. The maximum atomic E-state index is 12.0. The number of benzene rings is 1. The van der Waals surface area contributed by atoms with Crippen LogP contribution in [-0.4, -0.2) is 16.1 Å². The highest BCUT2D eigenvalue weighted by atomic mass is 127. The van der Waals surface area contributed by atoms with Gasteiger partial charge in [-0.1, -0.05) is 24.3 Å². The Bertz CT molecular complexity index is 857. The first-order valence-electron chi connectivity index (χ1n) is 7.58. The maximum Gasteiger partial charge on any atom is 0.334 e. The molecule has 5 heteroatoms. The number of aliphatic carboxylic acids is 1. The monoisotopic (exact) mass is 432 g/mol. The van der Waals surface area contributed by atoms with Crippen LogP contribution in [0.3, 0.4) is 0 Å². The number of carboxylic acid groups (broad SMARTS) is 1. The van der Waals surface area contributed by atoms with Crippen molar-refractivity contribution >= 4 is 34.1 Å². The van der Waals surface area contributed by atoms with Gasteiger partial charge < -0.3 is 10.4 Å². The number of nitrogens with zero attached hydrogens (tertiary/aromatic N) is 1. The largest absolute Gasteiger partial charge is 0.478 e. The number of hydrogen-bond acceptors (Lipinski definition) is 3. The molecular weight excluding hydrogens is 415 g/mol. The van der Waals surface area contributed by atoms with E-state index in [1.54, 1.807) is 6.20 Å². The van der Waals surface area contributed by atoms with Gasteiger partial charge >= 0.3 is 5.97 Å². The maximum absolute atomic E-state index is 12.0. The molecule has 0 amide bonds. The molecule has 0 aliphatic carbocycles. The zero-order valence-electron chi connectivity index (χ0n) is 13.4. The van der Waals surface area contributed by atoms with Crippen LogP contribution in [0.15, 0.2) is 65.6 Å². The topological polar surface area (TPSA) is 62.2 Å². The first-order valence-corrected chi connectivity index (χ1v) is 8.66. The Hall–Kier alpha value is -2.15. The lowest BCUT2D eigenvalue weighted by molar-refractivity contribution is -0.132. The van der Waals surface area contributed by atoms with E-state index in [0.29, 0.717) is 11.3 Å². The molecule has 1 atom stereocenters. The Morgan fingerprint density at radius 2 is 1.83 bits per heavy atom. The van der Waals surface area contributed by atoms with Crippen LogP contribution in [0.5, 0.6) is 0 Å². The smallest absolute Gasteiger partial charge is 0.334 e. The van der Waals surface area contributed by atoms with E-state index in [2.05, 4.69) is 32.9 Å². The average Bonchev–Trinajstić information content (AvgIpc) is 2.55. The van der Waals surface area contributed by atoms with E-state index >= 15 is 0 Å². The summed E-state index contributed by atoms with van der Waals surface area (Å²) in [4.78, 5) is 16.5. The van der Waals surface area contributed by atoms with E-state index < -0.39 is 5.97 Å². The third-order valence-electron chi connectivity index (χ3n) is 4.15. The van der Waals surface area contributed by atoms with Gasteiger partial charge in [-0.15, -0.1) is 0 Å². The van der Waals surface area contributed by atoms with Crippen LogP contribution in [0.1, 0.15) is 31.0 Å². The third-order valence-corrected chi connectivity index (χ3v) is 5.13. The minimum absolute atomic E-state index is 0.355. The zero-order chi connectivity index (χ0) is 17.3. The van der Waals surface area contributed by atoms with E-state index in [4.69, 9.17) is 0 Å². The molecule has 2 aromatic rings. The standard InChI is InChI=1S/C19H17IN2O2/c1-11-16(15-9-5-6-10-21-15)18(13-7-3-4-8-14(13)20)17(19(23)24)12(2)22-11/h3-10,18,22H,1-2H3,(H,23,24). The predicted molar refractivity (Wildman–Crippen MR) is 102 cm³/mol. The van der Waals surface area contributed by atoms with Crippen LogP contribution in [0.25, 0.3) is 5.57 Å². The van der Waals surface area contributed by atoms with E-state index in [9.17, 15) is 9.90 Å². The molecule has 0 spiro atoms. The van der Waals surface area contributed by atoms with Gasteiger partial charge in [-0.3, -0.25) is 4.98 Å². The molecule has 1 aromatic carbocycles. The Labute approximate surface area is 154 Å². The number of carbonyl (C=O) groups is 1. The molecular formula is C19H17IN2O2. The molecule has 3 rings (SSSR count). The molecule has 1 aliphatic rings. The molecule has 24 heavy (non-hydrogen) atoms. The minimum Gasteiger partial charge on any atom is -0.478 e. The molecule has 1 unspecified atom stereocenters. The van der Waals surface area contributed by atoms with Crippen LogP contribution in [0, 0.1) is 3.57 Å². The Morgan fingerprint density at radius 3 is 2.46 bits per heavy atom. The number of dihydropyridines is 1. The summed E-state index contributed by atoms with van der Waals surface area (Å²) < 4.78 is 1.04. The zero-order valence-corrected chi connectivity index (χ0v) is 15.5. The minimum atomic E-state index is -0.911. The summed E-state index contributed by atoms with van der Waals surface area (Å²) >= 11 is 2.26. The number of aromatic nitrogens is 1. The second-order valence-corrected chi connectivity index (χ2v) is 6.84. The second kappa shape index (κ2) is 6.76. The molecule has 0 radical (unpaired) electrons. The molecule has 0 fully saturated rings. The van der Waals surface area contributed by atoms with Crippen molar-refractivity contribution in [1.82, 2.24) is 10.3 Å². The van der Waals surface area contributed by atoms with Crippen LogP contribution >= 0.6 is 22.6 Å². The van der Waals surface area contributed by atoms with Crippen LogP contribution in [0.4, 0.5) is 0 Å². The SMILES string of the molecule is CC1=C(C(=O)O)C(c2ccccc2I)C(c2ccccn2)=C(C)N1. The molecule has 2 N–H and O–H groups in total. The first-order chi connectivity index (χ1) is 11.5. The summed E-state index contributed by atoms with van der Waals surface area (Å²) in [6, 6.07) is 13.6. The van der Waals surface area contributed by atoms with Crippen molar-refractivity contribution in [3.05, 3.63) is 80.5 Å².